The van der Waals surface area contributed by atoms with Crippen LogP contribution in [0.2, 0.25) is 5.02 Å². The lowest BCUT2D eigenvalue weighted by Gasteiger charge is -2.08. The third-order valence-corrected chi connectivity index (χ3v) is 3.02. The molecular formula is C10H6BrClFNO. The van der Waals surface area contributed by atoms with Crippen molar-refractivity contribution in [1.29, 1.82) is 0 Å². The zero-order valence-corrected chi connectivity index (χ0v) is 10.1. The van der Waals surface area contributed by atoms with E-state index in [2.05, 4.69) is 20.9 Å². The first-order valence-electron chi connectivity index (χ1n) is 4.11. The van der Waals surface area contributed by atoms with Crippen LogP contribution in [0.5, 0.6) is 5.75 Å². The molecule has 0 N–H and O–H groups in total. The minimum Gasteiger partial charge on any atom is -0.496 e. The number of pyridine rings is 1. The second-order valence-electron chi connectivity index (χ2n) is 2.89. The van der Waals surface area contributed by atoms with Gasteiger partial charge in [-0.25, -0.2) is 4.39 Å². The van der Waals surface area contributed by atoms with Gasteiger partial charge in [-0.3, -0.25) is 4.98 Å². The Morgan fingerprint density at radius 2 is 2.27 bits per heavy atom. The number of methoxy groups -OCH3 is 1. The first kappa shape index (κ1) is 10.6. The number of aromatic nitrogens is 1. The van der Waals surface area contributed by atoms with Crippen LogP contribution < -0.4 is 4.74 Å². The van der Waals surface area contributed by atoms with Crippen LogP contribution in [-0.4, -0.2) is 12.1 Å². The molecule has 0 aliphatic heterocycles. The fourth-order valence-electron chi connectivity index (χ4n) is 1.37. The van der Waals surface area contributed by atoms with Gasteiger partial charge < -0.3 is 4.74 Å². The van der Waals surface area contributed by atoms with Crippen LogP contribution in [-0.2, 0) is 0 Å². The third kappa shape index (κ3) is 1.68. The highest BCUT2D eigenvalue weighted by Crippen LogP contribution is 2.36. The molecule has 0 radical (unpaired) electrons. The van der Waals surface area contributed by atoms with Crippen molar-refractivity contribution in [2.45, 2.75) is 0 Å². The molecule has 0 aliphatic carbocycles. The largest absolute Gasteiger partial charge is 0.496 e. The Kier molecular flexibility index (Phi) is 2.80. The van der Waals surface area contributed by atoms with Crippen LogP contribution in [0.4, 0.5) is 4.39 Å². The highest BCUT2D eigenvalue weighted by molar-refractivity contribution is 9.10. The number of benzene rings is 1. The molecule has 1 heterocycles. The summed E-state index contributed by atoms with van der Waals surface area (Å²) in [6.45, 7) is 0. The van der Waals surface area contributed by atoms with Gasteiger partial charge in [-0.2, -0.15) is 0 Å². The predicted molar refractivity (Wildman–Crippen MR) is 61.0 cm³/mol. The molecule has 78 valence electrons. The van der Waals surface area contributed by atoms with Crippen molar-refractivity contribution in [2.24, 2.45) is 0 Å². The van der Waals surface area contributed by atoms with E-state index >= 15 is 0 Å². The summed E-state index contributed by atoms with van der Waals surface area (Å²) < 4.78 is 19.0. The molecule has 1 aromatic carbocycles. The fourth-order valence-corrected chi connectivity index (χ4v) is 2.11. The van der Waals surface area contributed by atoms with Crippen LogP contribution in [0.15, 0.2) is 22.8 Å². The lowest BCUT2D eigenvalue weighted by atomic mass is 10.2. The first-order chi connectivity index (χ1) is 7.15. The maximum atomic E-state index is 13.4. The van der Waals surface area contributed by atoms with Gasteiger partial charge in [-0.05, 0) is 28.1 Å². The molecule has 0 aliphatic rings. The van der Waals surface area contributed by atoms with Crippen LogP contribution in [0.3, 0.4) is 0 Å². The molecule has 0 bridgehead atoms. The number of nitrogens with zero attached hydrogens (tertiary/aromatic N) is 1. The molecule has 5 heteroatoms. The van der Waals surface area contributed by atoms with E-state index in [1.807, 2.05) is 0 Å². The van der Waals surface area contributed by atoms with Crippen LogP contribution in [0.25, 0.3) is 10.9 Å². The average molecular weight is 291 g/mol. The minimum atomic E-state index is -0.498. The fraction of sp³-hybridized carbons (Fsp3) is 0.100. The molecule has 0 spiro atoms. The molecule has 0 fully saturated rings. The monoisotopic (exact) mass is 289 g/mol. The van der Waals surface area contributed by atoms with Crippen molar-refractivity contribution in [3.63, 3.8) is 0 Å². The molecule has 2 aromatic rings. The molecular weight excluding hydrogens is 284 g/mol. The molecule has 0 unspecified atom stereocenters. The highest BCUT2D eigenvalue weighted by atomic mass is 79.9. The maximum absolute atomic E-state index is 13.4. The summed E-state index contributed by atoms with van der Waals surface area (Å²) in [6.07, 6.45) is 1.58. The predicted octanol–water partition coefficient (Wildman–Crippen LogP) is 3.80. The number of ether oxygens (including phenoxy) is 1. The van der Waals surface area contributed by atoms with Gasteiger partial charge in [0.05, 0.1) is 23.0 Å². The number of hydrogen-bond acceptors (Lipinski definition) is 2. The Hall–Kier alpha value is -0.870. The number of rotatable bonds is 1. The molecule has 0 amide bonds. The summed E-state index contributed by atoms with van der Waals surface area (Å²) in [5.74, 6) is 0.00698. The summed E-state index contributed by atoms with van der Waals surface area (Å²) >= 11 is 9.09. The van der Waals surface area contributed by atoms with Crippen molar-refractivity contribution < 1.29 is 9.13 Å². The molecule has 15 heavy (non-hydrogen) atoms. The average Bonchev–Trinajstić information content (AvgIpc) is 2.25. The standard InChI is InChI=1S/C10H6BrClFNO/c1-15-7-2-3-14-10-5(11)4-6(13)9(12)8(7)10/h2-4H,1H3. The maximum Gasteiger partial charge on any atom is 0.143 e. The smallest absolute Gasteiger partial charge is 0.143 e. The summed E-state index contributed by atoms with van der Waals surface area (Å²) in [5.41, 5.74) is 0.584. The van der Waals surface area contributed by atoms with Crippen LogP contribution in [0.1, 0.15) is 0 Å². The summed E-state index contributed by atoms with van der Waals surface area (Å²) in [6, 6.07) is 2.93. The number of halogens is 3. The van der Waals surface area contributed by atoms with Gasteiger partial charge in [0.15, 0.2) is 0 Å². The van der Waals surface area contributed by atoms with E-state index < -0.39 is 5.82 Å². The van der Waals surface area contributed by atoms with E-state index in [4.69, 9.17) is 16.3 Å². The van der Waals surface area contributed by atoms with Crippen molar-refractivity contribution in [2.75, 3.05) is 7.11 Å². The lowest BCUT2D eigenvalue weighted by molar-refractivity contribution is 0.419. The molecule has 1 aromatic heterocycles. The Morgan fingerprint density at radius 3 is 2.93 bits per heavy atom. The van der Waals surface area contributed by atoms with Crippen molar-refractivity contribution in [3.8, 4) is 5.75 Å². The van der Waals surface area contributed by atoms with E-state index in [1.165, 1.54) is 13.2 Å². The van der Waals surface area contributed by atoms with Gasteiger partial charge in [-0.1, -0.05) is 11.6 Å². The summed E-state index contributed by atoms with van der Waals surface area (Å²) in [7, 11) is 1.50. The van der Waals surface area contributed by atoms with Gasteiger partial charge in [0.2, 0.25) is 0 Å². The van der Waals surface area contributed by atoms with E-state index in [1.54, 1.807) is 12.3 Å². The lowest BCUT2D eigenvalue weighted by Crippen LogP contribution is -1.90. The van der Waals surface area contributed by atoms with Crippen LogP contribution in [0, 0.1) is 5.82 Å². The topological polar surface area (TPSA) is 22.1 Å². The Morgan fingerprint density at radius 1 is 1.53 bits per heavy atom. The van der Waals surface area contributed by atoms with E-state index in [0.717, 1.165) is 0 Å². The normalized spacial score (nSPS) is 10.7. The molecule has 2 rings (SSSR count). The summed E-state index contributed by atoms with van der Waals surface area (Å²) in [4.78, 5) is 4.11. The second kappa shape index (κ2) is 3.94. The van der Waals surface area contributed by atoms with E-state index in [9.17, 15) is 4.39 Å². The zero-order chi connectivity index (χ0) is 11.0. The first-order valence-corrected chi connectivity index (χ1v) is 5.28. The SMILES string of the molecule is COc1ccnc2c(Br)cc(F)c(Cl)c12. The van der Waals surface area contributed by atoms with Crippen molar-refractivity contribution in [1.82, 2.24) is 4.98 Å². The molecule has 0 saturated heterocycles. The Labute approximate surface area is 99.1 Å². The van der Waals surface area contributed by atoms with Gasteiger partial charge in [0, 0.05) is 10.7 Å². The van der Waals surface area contributed by atoms with Crippen LogP contribution >= 0.6 is 27.5 Å². The van der Waals surface area contributed by atoms with Gasteiger partial charge in [0.25, 0.3) is 0 Å². The van der Waals surface area contributed by atoms with Gasteiger partial charge in [0.1, 0.15) is 11.6 Å². The zero-order valence-electron chi connectivity index (χ0n) is 7.72. The van der Waals surface area contributed by atoms with Crippen molar-refractivity contribution >= 4 is 38.4 Å². The third-order valence-electron chi connectivity index (χ3n) is 2.04. The van der Waals surface area contributed by atoms with E-state index in [-0.39, 0.29) is 5.02 Å². The molecule has 0 atom stereocenters. The summed E-state index contributed by atoms with van der Waals surface area (Å²) in [5, 5.41) is 0.506. The molecule has 2 nitrogen and oxygen atoms in total. The minimum absolute atomic E-state index is 0.0261. The quantitative estimate of drug-likeness (QED) is 0.745. The van der Waals surface area contributed by atoms with Gasteiger partial charge in [-0.15, -0.1) is 0 Å². The number of hydrogen-bond donors (Lipinski definition) is 0. The Balaban J connectivity index is 2.96. The molecule has 0 saturated carbocycles. The Bertz CT molecular complexity index is 532. The van der Waals surface area contributed by atoms with E-state index in [0.29, 0.717) is 21.1 Å². The highest BCUT2D eigenvalue weighted by Gasteiger charge is 2.14. The van der Waals surface area contributed by atoms with Gasteiger partial charge >= 0.3 is 0 Å². The number of fused-ring (bicyclic) bond motifs is 1. The second-order valence-corrected chi connectivity index (χ2v) is 4.12. The van der Waals surface area contributed by atoms with Crippen molar-refractivity contribution in [3.05, 3.63) is 33.6 Å².